The standard InChI is InChI=1S/C26H25FN6O3/c27-19-5-7-20(8-6-19)30-25-22(24(29)34)15-33(31-25)23-9-10-32(14-18(23)13-28)26(35)36-21-11-16-3-1-2-4-17(16)12-21/h1-8,15,18,21,23H,9-12,14H2,(H2,29,34)(H,30,31)/t18-,23+/m0/s1. The van der Waals surface area contributed by atoms with E-state index < -0.39 is 17.9 Å². The fourth-order valence-electron chi connectivity index (χ4n) is 4.87. The number of carbonyl (C=O) groups excluding carboxylic acids is 2. The van der Waals surface area contributed by atoms with Crippen molar-refractivity contribution in [3.05, 3.63) is 77.2 Å². The highest BCUT2D eigenvalue weighted by atomic mass is 19.1. The molecule has 2 aromatic carbocycles. The predicted molar refractivity (Wildman–Crippen MR) is 129 cm³/mol. The number of nitrogens with one attached hydrogen (secondary N) is 1. The molecule has 9 nitrogen and oxygen atoms in total. The molecule has 184 valence electrons. The largest absolute Gasteiger partial charge is 0.445 e. The van der Waals surface area contributed by atoms with Gasteiger partial charge in [0.05, 0.1) is 18.0 Å². The van der Waals surface area contributed by atoms with Crippen LogP contribution in [0, 0.1) is 23.1 Å². The number of carbonyl (C=O) groups is 2. The van der Waals surface area contributed by atoms with Crippen LogP contribution in [0.15, 0.2) is 54.7 Å². The second-order valence-corrected chi connectivity index (χ2v) is 9.09. The third-order valence-electron chi connectivity index (χ3n) is 6.73. The molecule has 0 saturated carbocycles. The lowest BCUT2D eigenvalue weighted by Crippen LogP contribution is -2.45. The number of benzene rings is 2. The van der Waals surface area contributed by atoms with Crippen LogP contribution in [-0.2, 0) is 17.6 Å². The Balaban J connectivity index is 1.26. The number of ether oxygens (including phenoxy) is 1. The van der Waals surface area contributed by atoms with Crippen LogP contribution in [-0.4, -0.2) is 45.9 Å². The first-order valence-corrected chi connectivity index (χ1v) is 11.7. The first-order chi connectivity index (χ1) is 17.4. The molecular formula is C26H25FN6O3. The molecule has 1 aliphatic heterocycles. The zero-order chi connectivity index (χ0) is 25.2. The number of hydrogen-bond donors (Lipinski definition) is 2. The summed E-state index contributed by atoms with van der Waals surface area (Å²) in [4.78, 5) is 26.5. The van der Waals surface area contributed by atoms with Gasteiger partial charge >= 0.3 is 6.09 Å². The number of nitrogens with zero attached hydrogens (tertiary/aromatic N) is 4. The molecule has 0 unspecified atom stereocenters. The Kier molecular flexibility index (Phi) is 6.29. The van der Waals surface area contributed by atoms with Crippen molar-refractivity contribution in [3.8, 4) is 6.07 Å². The van der Waals surface area contributed by atoms with Gasteiger partial charge in [0.15, 0.2) is 5.82 Å². The van der Waals surface area contributed by atoms with E-state index in [4.69, 9.17) is 10.5 Å². The number of rotatable bonds is 5. The molecule has 0 bridgehead atoms. The summed E-state index contributed by atoms with van der Waals surface area (Å²) in [6.45, 7) is 0.569. The van der Waals surface area contributed by atoms with Gasteiger partial charge in [-0.25, -0.2) is 9.18 Å². The molecule has 2 atom stereocenters. The molecule has 1 saturated heterocycles. The van der Waals surface area contributed by atoms with Gasteiger partial charge in [-0.3, -0.25) is 9.48 Å². The van der Waals surface area contributed by atoms with Gasteiger partial charge in [0.2, 0.25) is 0 Å². The molecule has 3 N–H and O–H groups in total. The molecule has 2 heterocycles. The maximum Gasteiger partial charge on any atom is 0.410 e. The highest BCUT2D eigenvalue weighted by Crippen LogP contribution is 2.31. The summed E-state index contributed by atoms with van der Waals surface area (Å²) in [5, 5.41) is 17.3. The van der Waals surface area contributed by atoms with E-state index in [0.29, 0.717) is 31.5 Å². The van der Waals surface area contributed by atoms with E-state index in [-0.39, 0.29) is 35.9 Å². The Morgan fingerprint density at radius 3 is 2.47 bits per heavy atom. The van der Waals surface area contributed by atoms with E-state index in [2.05, 4.69) is 16.5 Å². The van der Waals surface area contributed by atoms with Crippen molar-refractivity contribution in [1.82, 2.24) is 14.7 Å². The van der Waals surface area contributed by atoms with Crippen LogP contribution in [0.5, 0.6) is 0 Å². The zero-order valence-corrected chi connectivity index (χ0v) is 19.4. The van der Waals surface area contributed by atoms with Crippen molar-refractivity contribution in [2.75, 3.05) is 18.4 Å². The fourth-order valence-corrected chi connectivity index (χ4v) is 4.87. The molecule has 0 radical (unpaired) electrons. The first-order valence-electron chi connectivity index (χ1n) is 11.7. The lowest BCUT2D eigenvalue weighted by Gasteiger charge is -2.35. The van der Waals surface area contributed by atoms with Gasteiger partial charge in [-0.2, -0.15) is 10.4 Å². The Morgan fingerprint density at radius 1 is 1.14 bits per heavy atom. The first kappa shape index (κ1) is 23.4. The van der Waals surface area contributed by atoms with Gasteiger partial charge < -0.3 is 20.7 Å². The molecule has 1 aromatic heterocycles. The number of nitriles is 1. The van der Waals surface area contributed by atoms with Gasteiger partial charge in [-0.1, -0.05) is 24.3 Å². The summed E-state index contributed by atoms with van der Waals surface area (Å²) in [5.74, 6) is -1.42. The Morgan fingerprint density at radius 2 is 1.83 bits per heavy atom. The van der Waals surface area contributed by atoms with E-state index in [0.717, 1.165) is 0 Å². The summed E-state index contributed by atoms with van der Waals surface area (Å²) in [6, 6.07) is 15.6. The van der Waals surface area contributed by atoms with Crippen molar-refractivity contribution >= 4 is 23.5 Å². The predicted octanol–water partition coefficient (Wildman–Crippen LogP) is 3.56. The summed E-state index contributed by atoms with van der Waals surface area (Å²) >= 11 is 0. The Hall–Kier alpha value is -4.39. The normalized spacial score (nSPS) is 19.4. The van der Waals surface area contributed by atoms with Crippen LogP contribution in [0.25, 0.3) is 0 Å². The number of primary amides is 1. The van der Waals surface area contributed by atoms with Gasteiger partial charge in [0.25, 0.3) is 5.91 Å². The molecule has 3 aromatic rings. The minimum atomic E-state index is -0.682. The summed E-state index contributed by atoms with van der Waals surface area (Å²) in [5.41, 5.74) is 8.62. The highest BCUT2D eigenvalue weighted by molar-refractivity contribution is 5.98. The average molecular weight is 489 g/mol. The second-order valence-electron chi connectivity index (χ2n) is 9.09. The number of fused-ring (bicyclic) bond motifs is 1. The molecule has 1 fully saturated rings. The summed E-state index contributed by atoms with van der Waals surface area (Å²) < 4.78 is 20.5. The number of hydrogen-bond acceptors (Lipinski definition) is 6. The van der Waals surface area contributed by atoms with E-state index in [1.807, 2.05) is 24.3 Å². The van der Waals surface area contributed by atoms with E-state index >= 15 is 0 Å². The monoisotopic (exact) mass is 488 g/mol. The Bertz CT molecular complexity index is 1310. The summed E-state index contributed by atoms with van der Waals surface area (Å²) in [6.07, 6.45) is 2.70. The lowest BCUT2D eigenvalue weighted by atomic mass is 9.94. The van der Waals surface area contributed by atoms with E-state index in [1.165, 1.54) is 41.6 Å². The van der Waals surface area contributed by atoms with Gasteiger partial charge in [-0.05, 0) is 41.8 Å². The van der Waals surface area contributed by atoms with Crippen molar-refractivity contribution in [1.29, 1.82) is 5.26 Å². The van der Waals surface area contributed by atoms with Crippen LogP contribution in [0.2, 0.25) is 0 Å². The number of likely N-dealkylation sites (tertiary alicyclic amines) is 1. The van der Waals surface area contributed by atoms with Crippen LogP contribution >= 0.6 is 0 Å². The average Bonchev–Trinajstić information content (AvgIpc) is 3.48. The molecule has 36 heavy (non-hydrogen) atoms. The molecule has 1 aliphatic carbocycles. The number of nitrogens with two attached hydrogens (primary N) is 1. The number of aromatic nitrogens is 2. The maximum absolute atomic E-state index is 13.2. The van der Waals surface area contributed by atoms with Gasteiger partial charge in [0, 0.05) is 37.8 Å². The minimum absolute atomic E-state index is 0.152. The van der Waals surface area contributed by atoms with Crippen molar-refractivity contribution in [2.45, 2.75) is 31.4 Å². The van der Waals surface area contributed by atoms with Gasteiger partial charge in [0.1, 0.15) is 17.5 Å². The van der Waals surface area contributed by atoms with E-state index in [1.54, 1.807) is 9.58 Å². The third kappa shape index (κ3) is 4.73. The van der Waals surface area contributed by atoms with E-state index in [9.17, 15) is 19.2 Å². The number of anilines is 2. The Labute approximate surface area is 207 Å². The van der Waals surface area contributed by atoms with Crippen LogP contribution in [0.1, 0.15) is 33.9 Å². The lowest BCUT2D eigenvalue weighted by molar-refractivity contribution is 0.0499. The molecule has 5 rings (SSSR count). The topological polar surface area (TPSA) is 126 Å². The van der Waals surface area contributed by atoms with Crippen molar-refractivity contribution < 1.29 is 18.7 Å². The smallest absolute Gasteiger partial charge is 0.410 e. The van der Waals surface area contributed by atoms with Crippen molar-refractivity contribution in [3.63, 3.8) is 0 Å². The van der Waals surface area contributed by atoms with Crippen LogP contribution < -0.4 is 11.1 Å². The summed E-state index contributed by atoms with van der Waals surface area (Å²) in [7, 11) is 0. The quantitative estimate of drug-likeness (QED) is 0.566. The minimum Gasteiger partial charge on any atom is -0.445 e. The molecule has 2 amide bonds. The number of piperidine rings is 1. The zero-order valence-electron chi connectivity index (χ0n) is 19.4. The second kappa shape index (κ2) is 9.70. The van der Waals surface area contributed by atoms with Crippen LogP contribution in [0.3, 0.4) is 0 Å². The fraction of sp³-hybridized carbons (Fsp3) is 0.308. The SMILES string of the molecule is N#C[C@H]1CN(C(=O)OC2Cc3ccccc3C2)CC[C@H]1n1cc(C(N)=O)c(Nc2ccc(F)cc2)n1. The third-order valence-corrected chi connectivity index (χ3v) is 6.73. The maximum atomic E-state index is 13.2. The number of halogens is 1. The molecule has 2 aliphatic rings. The molecule has 0 spiro atoms. The highest BCUT2D eigenvalue weighted by Gasteiger charge is 2.36. The number of amides is 2. The molecule has 10 heteroatoms. The van der Waals surface area contributed by atoms with Crippen LogP contribution in [0.4, 0.5) is 20.7 Å². The van der Waals surface area contributed by atoms with Gasteiger partial charge in [-0.15, -0.1) is 0 Å². The van der Waals surface area contributed by atoms with Crippen molar-refractivity contribution in [2.24, 2.45) is 11.7 Å². The molecular weight excluding hydrogens is 463 g/mol.